The van der Waals surface area contributed by atoms with Gasteiger partial charge in [-0.1, -0.05) is 12.1 Å². The topological polar surface area (TPSA) is 55.1 Å². The summed E-state index contributed by atoms with van der Waals surface area (Å²) >= 11 is 0. The lowest BCUT2D eigenvalue weighted by atomic mass is 10.1. The Kier molecular flexibility index (Phi) is 1.77. The van der Waals surface area contributed by atoms with E-state index >= 15 is 0 Å². The van der Waals surface area contributed by atoms with Gasteiger partial charge in [0.05, 0.1) is 0 Å². The Balaban J connectivity index is 2.67. The molecule has 0 unspecified atom stereocenters. The third-order valence-corrected chi connectivity index (χ3v) is 2.07. The zero-order valence-corrected chi connectivity index (χ0v) is 7.08. The molecule has 0 atom stereocenters. The van der Waals surface area contributed by atoms with Gasteiger partial charge in [0.15, 0.2) is 0 Å². The summed E-state index contributed by atoms with van der Waals surface area (Å²) in [6, 6.07) is 5.44. The third kappa shape index (κ3) is 1.40. The van der Waals surface area contributed by atoms with Crippen molar-refractivity contribution in [2.75, 3.05) is 6.54 Å². The number of fused-ring (bicyclic) bond motifs is 1. The molecule has 3 N–H and O–H groups in total. The van der Waals surface area contributed by atoms with Gasteiger partial charge in [0.2, 0.25) is 5.91 Å². The molecule has 3 heteroatoms. The second-order valence-corrected chi connectivity index (χ2v) is 2.96. The van der Waals surface area contributed by atoms with Crippen LogP contribution in [0.15, 0.2) is 18.2 Å². The Labute approximate surface area is 75.6 Å². The van der Waals surface area contributed by atoms with Crippen molar-refractivity contribution in [1.29, 1.82) is 0 Å². The molecule has 2 rings (SSSR count). The highest BCUT2D eigenvalue weighted by Gasteiger charge is 1.99. The lowest BCUT2D eigenvalue weighted by Crippen LogP contribution is -2.33. The fourth-order valence-electron chi connectivity index (χ4n) is 1.37. The first-order chi connectivity index (χ1) is 6.27. The molecule has 66 valence electrons. The first-order valence-electron chi connectivity index (χ1n) is 4.11. The van der Waals surface area contributed by atoms with Crippen LogP contribution in [0.2, 0.25) is 0 Å². The maximum Gasteiger partial charge on any atom is 0.248 e. The highest BCUT2D eigenvalue weighted by molar-refractivity contribution is 5.92. The second kappa shape index (κ2) is 2.94. The fourth-order valence-corrected chi connectivity index (χ4v) is 1.37. The van der Waals surface area contributed by atoms with Gasteiger partial charge in [0.25, 0.3) is 0 Å². The highest BCUT2D eigenvalue weighted by Crippen LogP contribution is 1.90. The summed E-state index contributed by atoms with van der Waals surface area (Å²) in [6.45, 7) is 0.801. The van der Waals surface area contributed by atoms with Crippen LogP contribution in [0.4, 0.5) is 0 Å². The number of amides is 1. The molecule has 1 aliphatic heterocycles. The van der Waals surface area contributed by atoms with Gasteiger partial charge in [0, 0.05) is 18.3 Å². The molecule has 1 heterocycles. The van der Waals surface area contributed by atoms with Crippen molar-refractivity contribution in [3.05, 3.63) is 34.2 Å². The molecule has 1 aliphatic rings. The van der Waals surface area contributed by atoms with E-state index in [1.165, 1.54) is 0 Å². The lowest BCUT2D eigenvalue weighted by molar-refractivity contribution is 0.1000. The zero-order chi connectivity index (χ0) is 9.26. The maximum atomic E-state index is 10.9. The summed E-state index contributed by atoms with van der Waals surface area (Å²) in [5.74, 6) is -0.380. The Morgan fingerprint density at radius 1 is 1.38 bits per heavy atom. The molecule has 13 heavy (non-hydrogen) atoms. The Morgan fingerprint density at radius 3 is 3.00 bits per heavy atom. The number of hydrogen-bond acceptors (Lipinski definition) is 2. The molecule has 3 nitrogen and oxygen atoms in total. The van der Waals surface area contributed by atoms with Crippen LogP contribution in [0.25, 0.3) is 12.3 Å². The van der Waals surface area contributed by atoms with Crippen LogP contribution in [0.3, 0.4) is 0 Å². The van der Waals surface area contributed by atoms with Gasteiger partial charge < -0.3 is 11.1 Å². The van der Waals surface area contributed by atoms with Crippen LogP contribution in [0.5, 0.6) is 0 Å². The molecule has 0 spiro atoms. The molecule has 0 bridgehead atoms. The average Bonchev–Trinajstić information content (AvgIpc) is 2.17. The van der Waals surface area contributed by atoms with E-state index in [-0.39, 0.29) is 5.91 Å². The Morgan fingerprint density at radius 2 is 2.23 bits per heavy atom. The minimum absolute atomic E-state index is 0.380. The largest absolute Gasteiger partial charge is 0.387 e. The molecule has 1 aromatic rings. The quantitative estimate of drug-likeness (QED) is 0.568. The van der Waals surface area contributed by atoms with Crippen LogP contribution in [-0.2, 0) is 0 Å². The first kappa shape index (κ1) is 7.86. The van der Waals surface area contributed by atoms with E-state index in [0.29, 0.717) is 5.56 Å². The minimum Gasteiger partial charge on any atom is -0.387 e. The summed E-state index contributed by atoms with van der Waals surface area (Å²) in [5, 5.41) is 5.25. The number of primary amides is 1. The third-order valence-electron chi connectivity index (χ3n) is 2.07. The monoisotopic (exact) mass is 174 g/mol. The molecule has 0 fully saturated rings. The van der Waals surface area contributed by atoms with Gasteiger partial charge in [-0.25, -0.2) is 0 Å². The van der Waals surface area contributed by atoms with E-state index in [2.05, 4.69) is 5.32 Å². The number of carbonyl (C=O) groups excluding carboxylic acids is 1. The van der Waals surface area contributed by atoms with E-state index in [1.54, 1.807) is 6.07 Å². The molecule has 0 saturated heterocycles. The van der Waals surface area contributed by atoms with Crippen LogP contribution in [0, 0.1) is 0 Å². The van der Waals surface area contributed by atoms with Crippen LogP contribution in [0.1, 0.15) is 10.4 Å². The van der Waals surface area contributed by atoms with E-state index in [4.69, 9.17) is 5.73 Å². The number of nitrogens with one attached hydrogen (secondary N) is 1. The minimum atomic E-state index is -0.380. The molecule has 1 amide bonds. The van der Waals surface area contributed by atoms with Crippen molar-refractivity contribution >= 4 is 18.2 Å². The smallest absolute Gasteiger partial charge is 0.248 e. The van der Waals surface area contributed by atoms with E-state index in [0.717, 1.165) is 17.0 Å². The molecular formula is C10H10N2O. The van der Waals surface area contributed by atoms with Gasteiger partial charge in [-0.3, -0.25) is 4.79 Å². The molecular weight excluding hydrogens is 164 g/mol. The number of hydrogen-bond donors (Lipinski definition) is 2. The standard InChI is InChI=1S/C10H10N2O/c11-10(13)8-1-2-9-6-12-4-3-7(9)5-8/h1-3,5-6,12H,4H2,(H2,11,13). The SMILES string of the molecule is NC(=O)c1ccc2c(c1)=CCNC=2. The van der Waals surface area contributed by atoms with Crippen molar-refractivity contribution in [1.82, 2.24) is 5.32 Å². The van der Waals surface area contributed by atoms with Crippen LogP contribution in [-0.4, -0.2) is 12.5 Å². The summed E-state index contributed by atoms with van der Waals surface area (Å²) in [5.41, 5.74) is 5.73. The predicted molar refractivity (Wildman–Crippen MR) is 51.1 cm³/mol. The number of rotatable bonds is 1. The summed E-state index contributed by atoms with van der Waals surface area (Å²) < 4.78 is 0. The van der Waals surface area contributed by atoms with Crippen molar-refractivity contribution in [3.8, 4) is 0 Å². The molecule has 0 radical (unpaired) electrons. The average molecular weight is 174 g/mol. The van der Waals surface area contributed by atoms with E-state index in [9.17, 15) is 4.79 Å². The van der Waals surface area contributed by atoms with Crippen LogP contribution >= 0.6 is 0 Å². The highest BCUT2D eigenvalue weighted by atomic mass is 16.1. The normalized spacial score (nSPS) is 13.2. The first-order valence-corrected chi connectivity index (χ1v) is 4.11. The predicted octanol–water partition coefficient (Wildman–Crippen LogP) is -1.09. The van der Waals surface area contributed by atoms with Crippen molar-refractivity contribution in [2.24, 2.45) is 5.73 Å². The molecule has 0 aliphatic carbocycles. The number of nitrogens with two attached hydrogens (primary N) is 1. The summed E-state index contributed by atoms with van der Waals surface area (Å²) in [6.07, 6.45) is 3.96. The lowest BCUT2D eigenvalue weighted by Gasteiger charge is -2.03. The van der Waals surface area contributed by atoms with Crippen molar-refractivity contribution in [3.63, 3.8) is 0 Å². The fraction of sp³-hybridized carbons (Fsp3) is 0.100. The van der Waals surface area contributed by atoms with Gasteiger partial charge >= 0.3 is 0 Å². The second-order valence-electron chi connectivity index (χ2n) is 2.96. The van der Waals surface area contributed by atoms with Gasteiger partial charge in [0.1, 0.15) is 0 Å². The maximum absolute atomic E-state index is 10.9. The summed E-state index contributed by atoms with van der Waals surface area (Å²) in [4.78, 5) is 10.9. The van der Waals surface area contributed by atoms with Crippen LogP contribution < -0.4 is 21.5 Å². The molecule has 1 aromatic carbocycles. The van der Waals surface area contributed by atoms with Gasteiger partial charge in [-0.2, -0.15) is 0 Å². The van der Waals surface area contributed by atoms with Crippen molar-refractivity contribution < 1.29 is 4.79 Å². The molecule has 0 saturated carbocycles. The number of carbonyl (C=O) groups is 1. The van der Waals surface area contributed by atoms with Crippen molar-refractivity contribution in [2.45, 2.75) is 0 Å². The summed E-state index contributed by atoms with van der Waals surface area (Å²) in [7, 11) is 0. The number of benzene rings is 1. The van der Waals surface area contributed by atoms with E-state index in [1.807, 2.05) is 24.4 Å². The van der Waals surface area contributed by atoms with Gasteiger partial charge in [-0.05, 0) is 22.6 Å². The Hall–Kier alpha value is -1.77. The van der Waals surface area contributed by atoms with Gasteiger partial charge in [-0.15, -0.1) is 0 Å². The zero-order valence-electron chi connectivity index (χ0n) is 7.08. The molecule has 0 aromatic heterocycles. The Bertz CT molecular complexity index is 462. The van der Waals surface area contributed by atoms with E-state index < -0.39 is 0 Å².